The van der Waals surface area contributed by atoms with Crippen molar-refractivity contribution in [3.63, 3.8) is 0 Å². The number of fused-ring (bicyclic) bond motifs is 1. The maximum Gasteiger partial charge on any atom is 0.221 e. The van der Waals surface area contributed by atoms with Gasteiger partial charge in [0, 0.05) is 44.2 Å². The molecule has 0 saturated carbocycles. The van der Waals surface area contributed by atoms with Crippen LogP contribution in [0.5, 0.6) is 0 Å². The molecule has 1 aromatic heterocycles. The molecular weight excluding hydrogens is 338 g/mol. The van der Waals surface area contributed by atoms with Gasteiger partial charge in [0.15, 0.2) is 0 Å². The second kappa shape index (κ2) is 7.32. The second-order valence-corrected chi connectivity index (χ2v) is 6.98. The molecule has 4 rings (SSSR count). The van der Waals surface area contributed by atoms with Gasteiger partial charge in [-0.25, -0.2) is 9.97 Å². The number of carbonyl (C=O) groups is 1. The maximum atomic E-state index is 11.2. The standard InChI is InChI=1S/C21H23N5O/c1-15(27)24-18-6-3-16(4-7-18)17-5-8-20-19(13-17)21(23-14-22-20)26-11-9-25(2)10-12-26/h3-8,13-14H,9-12H2,1-2H3,(H,24,27). The number of anilines is 2. The topological polar surface area (TPSA) is 61.4 Å². The Balaban J connectivity index is 1.69. The Morgan fingerprint density at radius 1 is 0.963 bits per heavy atom. The van der Waals surface area contributed by atoms with Crippen LogP contribution in [0.1, 0.15) is 6.92 Å². The summed E-state index contributed by atoms with van der Waals surface area (Å²) in [5.41, 5.74) is 3.97. The molecule has 27 heavy (non-hydrogen) atoms. The smallest absolute Gasteiger partial charge is 0.221 e. The molecule has 0 aliphatic carbocycles. The van der Waals surface area contributed by atoms with Crippen molar-refractivity contribution in [2.75, 3.05) is 43.4 Å². The van der Waals surface area contributed by atoms with E-state index in [9.17, 15) is 4.79 Å². The summed E-state index contributed by atoms with van der Waals surface area (Å²) in [6.07, 6.45) is 1.65. The number of piperazine rings is 1. The molecule has 2 heterocycles. The minimum Gasteiger partial charge on any atom is -0.353 e. The van der Waals surface area contributed by atoms with Gasteiger partial charge in [0.1, 0.15) is 12.1 Å². The van der Waals surface area contributed by atoms with Crippen LogP contribution in [-0.4, -0.2) is 54.0 Å². The zero-order valence-corrected chi connectivity index (χ0v) is 15.6. The third-order valence-corrected chi connectivity index (χ3v) is 4.96. The van der Waals surface area contributed by atoms with Crippen molar-refractivity contribution in [1.82, 2.24) is 14.9 Å². The number of carbonyl (C=O) groups excluding carboxylic acids is 1. The van der Waals surface area contributed by atoms with Gasteiger partial charge in [-0.05, 0) is 42.4 Å². The molecule has 1 aliphatic heterocycles. The van der Waals surface area contributed by atoms with E-state index in [4.69, 9.17) is 0 Å². The van der Waals surface area contributed by atoms with Gasteiger partial charge in [0.2, 0.25) is 5.91 Å². The van der Waals surface area contributed by atoms with Crippen molar-refractivity contribution in [3.05, 3.63) is 48.8 Å². The molecular formula is C21H23N5O. The number of amides is 1. The summed E-state index contributed by atoms with van der Waals surface area (Å²) in [5, 5.41) is 3.87. The van der Waals surface area contributed by atoms with E-state index in [1.165, 1.54) is 6.92 Å². The van der Waals surface area contributed by atoms with Crippen molar-refractivity contribution in [1.29, 1.82) is 0 Å². The Labute approximate surface area is 158 Å². The first-order valence-electron chi connectivity index (χ1n) is 9.16. The van der Waals surface area contributed by atoms with Crippen LogP contribution in [0.2, 0.25) is 0 Å². The van der Waals surface area contributed by atoms with E-state index < -0.39 is 0 Å². The van der Waals surface area contributed by atoms with E-state index in [1.807, 2.05) is 30.3 Å². The minimum atomic E-state index is -0.0672. The summed E-state index contributed by atoms with van der Waals surface area (Å²) in [5.74, 6) is 0.937. The van der Waals surface area contributed by atoms with Crippen molar-refractivity contribution in [2.24, 2.45) is 0 Å². The Morgan fingerprint density at radius 3 is 2.37 bits per heavy atom. The first-order valence-corrected chi connectivity index (χ1v) is 9.16. The third-order valence-electron chi connectivity index (χ3n) is 4.96. The van der Waals surface area contributed by atoms with Crippen molar-refractivity contribution < 1.29 is 4.79 Å². The summed E-state index contributed by atoms with van der Waals surface area (Å²) in [7, 11) is 2.15. The van der Waals surface area contributed by atoms with E-state index in [0.717, 1.165) is 59.7 Å². The molecule has 0 unspecified atom stereocenters. The number of nitrogens with zero attached hydrogens (tertiary/aromatic N) is 4. The highest BCUT2D eigenvalue weighted by Gasteiger charge is 2.18. The van der Waals surface area contributed by atoms with Crippen molar-refractivity contribution in [2.45, 2.75) is 6.92 Å². The van der Waals surface area contributed by atoms with Crippen LogP contribution in [0.3, 0.4) is 0 Å². The van der Waals surface area contributed by atoms with Gasteiger partial charge >= 0.3 is 0 Å². The quantitative estimate of drug-likeness (QED) is 0.777. The van der Waals surface area contributed by atoms with Gasteiger partial charge in [0.05, 0.1) is 5.52 Å². The van der Waals surface area contributed by atoms with Gasteiger partial charge in [-0.2, -0.15) is 0 Å². The van der Waals surface area contributed by atoms with Gasteiger partial charge in [-0.3, -0.25) is 4.79 Å². The Bertz CT molecular complexity index is 962. The van der Waals surface area contributed by atoms with Crippen LogP contribution in [0.25, 0.3) is 22.0 Å². The molecule has 2 aromatic carbocycles. The van der Waals surface area contributed by atoms with Crippen LogP contribution in [0.15, 0.2) is 48.8 Å². The third kappa shape index (κ3) is 3.75. The van der Waals surface area contributed by atoms with Gasteiger partial charge in [0.25, 0.3) is 0 Å². The first-order chi connectivity index (χ1) is 13.1. The number of nitrogens with one attached hydrogen (secondary N) is 1. The second-order valence-electron chi connectivity index (χ2n) is 6.98. The van der Waals surface area contributed by atoms with E-state index in [-0.39, 0.29) is 5.91 Å². The highest BCUT2D eigenvalue weighted by atomic mass is 16.1. The highest BCUT2D eigenvalue weighted by molar-refractivity contribution is 5.93. The number of likely N-dealkylation sites (N-methyl/N-ethyl adjacent to an activating group) is 1. The molecule has 1 aliphatic rings. The van der Waals surface area contributed by atoms with E-state index >= 15 is 0 Å². The molecule has 1 saturated heterocycles. The lowest BCUT2D eigenvalue weighted by molar-refractivity contribution is -0.114. The molecule has 6 heteroatoms. The van der Waals surface area contributed by atoms with Crippen LogP contribution >= 0.6 is 0 Å². The average molecular weight is 361 g/mol. The fourth-order valence-corrected chi connectivity index (χ4v) is 3.44. The SMILES string of the molecule is CC(=O)Nc1ccc(-c2ccc3ncnc(N4CCN(C)CC4)c3c2)cc1. The molecule has 0 atom stereocenters. The van der Waals surface area contributed by atoms with E-state index in [1.54, 1.807) is 6.33 Å². The van der Waals surface area contributed by atoms with Crippen molar-refractivity contribution in [3.8, 4) is 11.1 Å². The predicted molar refractivity (Wildman–Crippen MR) is 109 cm³/mol. The summed E-state index contributed by atoms with van der Waals surface area (Å²) in [4.78, 5) is 24.9. The van der Waals surface area contributed by atoms with Crippen LogP contribution in [0.4, 0.5) is 11.5 Å². The fourth-order valence-electron chi connectivity index (χ4n) is 3.44. The lowest BCUT2D eigenvalue weighted by atomic mass is 10.0. The average Bonchev–Trinajstić information content (AvgIpc) is 2.68. The number of rotatable bonds is 3. The largest absolute Gasteiger partial charge is 0.353 e. The van der Waals surface area contributed by atoms with Crippen LogP contribution < -0.4 is 10.2 Å². The highest BCUT2D eigenvalue weighted by Crippen LogP contribution is 2.29. The molecule has 138 valence electrons. The number of benzene rings is 2. The molecule has 1 N–H and O–H groups in total. The summed E-state index contributed by atoms with van der Waals surface area (Å²) in [6, 6.07) is 14.2. The normalized spacial score (nSPS) is 15.1. The molecule has 1 amide bonds. The minimum absolute atomic E-state index is 0.0672. The van der Waals surface area contributed by atoms with Crippen LogP contribution in [0, 0.1) is 0 Å². The Morgan fingerprint density at radius 2 is 1.67 bits per heavy atom. The zero-order chi connectivity index (χ0) is 18.8. The predicted octanol–water partition coefficient (Wildman–Crippen LogP) is 3.01. The van der Waals surface area contributed by atoms with Crippen molar-refractivity contribution >= 4 is 28.3 Å². The monoisotopic (exact) mass is 361 g/mol. The van der Waals surface area contributed by atoms with Gasteiger partial charge < -0.3 is 15.1 Å². The summed E-state index contributed by atoms with van der Waals surface area (Å²) < 4.78 is 0. The first kappa shape index (κ1) is 17.4. The molecule has 0 bridgehead atoms. The fraction of sp³-hybridized carbons (Fsp3) is 0.286. The molecule has 3 aromatic rings. The number of hydrogen-bond acceptors (Lipinski definition) is 5. The summed E-state index contributed by atoms with van der Waals surface area (Å²) >= 11 is 0. The molecule has 0 spiro atoms. The van der Waals surface area contributed by atoms with Gasteiger partial charge in [-0.1, -0.05) is 18.2 Å². The summed E-state index contributed by atoms with van der Waals surface area (Å²) in [6.45, 7) is 5.53. The lowest BCUT2D eigenvalue weighted by Gasteiger charge is -2.33. The number of aromatic nitrogens is 2. The Kier molecular flexibility index (Phi) is 4.73. The maximum absolute atomic E-state index is 11.2. The van der Waals surface area contributed by atoms with E-state index in [2.05, 4.69) is 44.3 Å². The number of hydrogen-bond donors (Lipinski definition) is 1. The van der Waals surface area contributed by atoms with Gasteiger partial charge in [-0.15, -0.1) is 0 Å². The van der Waals surface area contributed by atoms with Crippen LogP contribution in [-0.2, 0) is 4.79 Å². The molecule has 0 radical (unpaired) electrons. The zero-order valence-electron chi connectivity index (χ0n) is 15.6. The van der Waals surface area contributed by atoms with E-state index in [0.29, 0.717) is 0 Å². The lowest BCUT2D eigenvalue weighted by Crippen LogP contribution is -2.44. The molecule has 6 nitrogen and oxygen atoms in total. The Hall–Kier alpha value is -2.99. The molecule has 1 fully saturated rings.